The standard InChI is InChI=1S/C18H19ClF3N5O2/c19-12-8-11(18(20,21)22)9-23-13(12)10-26-17(29)27-14(4-3-5-15(27)24-26)16(28)25-6-1-2-7-25/h8-9,14H,1-7,10H2/t14-/m0/s1. The van der Waals surface area contributed by atoms with Crippen molar-refractivity contribution in [3.05, 3.63) is 44.9 Å². The van der Waals surface area contributed by atoms with Crippen LogP contribution >= 0.6 is 11.6 Å². The number of carbonyl (C=O) groups is 1. The predicted molar refractivity (Wildman–Crippen MR) is 97.6 cm³/mol. The summed E-state index contributed by atoms with van der Waals surface area (Å²) in [5.74, 6) is 0.428. The van der Waals surface area contributed by atoms with E-state index in [0.29, 0.717) is 38.0 Å². The molecular formula is C18H19ClF3N5O2. The van der Waals surface area contributed by atoms with Crippen molar-refractivity contribution < 1.29 is 18.0 Å². The quantitative estimate of drug-likeness (QED) is 0.752. The Morgan fingerprint density at radius 2 is 1.97 bits per heavy atom. The highest BCUT2D eigenvalue weighted by Crippen LogP contribution is 2.31. The van der Waals surface area contributed by atoms with Crippen molar-refractivity contribution in [1.29, 1.82) is 0 Å². The van der Waals surface area contributed by atoms with Crippen LogP contribution in [-0.2, 0) is 23.9 Å². The van der Waals surface area contributed by atoms with Gasteiger partial charge < -0.3 is 4.90 Å². The highest BCUT2D eigenvalue weighted by molar-refractivity contribution is 6.31. The summed E-state index contributed by atoms with van der Waals surface area (Å²) in [6.07, 6.45) is -0.104. The van der Waals surface area contributed by atoms with E-state index in [2.05, 4.69) is 10.1 Å². The van der Waals surface area contributed by atoms with Gasteiger partial charge >= 0.3 is 11.9 Å². The van der Waals surface area contributed by atoms with E-state index in [9.17, 15) is 22.8 Å². The number of hydrogen-bond donors (Lipinski definition) is 0. The SMILES string of the molecule is O=C([C@@H]1CCCc2nn(Cc3ncc(C(F)(F)F)cc3Cl)c(=O)n21)N1CCCC1. The number of aryl methyl sites for hydroxylation is 1. The lowest BCUT2D eigenvalue weighted by Crippen LogP contribution is -2.41. The number of amides is 1. The number of halogens is 4. The molecule has 2 aromatic heterocycles. The summed E-state index contributed by atoms with van der Waals surface area (Å²) in [5, 5.41) is 4.10. The molecule has 11 heteroatoms. The molecule has 29 heavy (non-hydrogen) atoms. The summed E-state index contributed by atoms with van der Waals surface area (Å²) in [7, 11) is 0. The molecule has 1 saturated heterocycles. The van der Waals surface area contributed by atoms with Gasteiger partial charge in [-0.25, -0.2) is 9.48 Å². The molecule has 0 N–H and O–H groups in total. The molecule has 4 rings (SSSR count). The van der Waals surface area contributed by atoms with Gasteiger partial charge in [-0.2, -0.15) is 18.3 Å². The van der Waals surface area contributed by atoms with Crippen molar-refractivity contribution in [1.82, 2.24) is 24.2 Å². The fraction of sp³-hybridized carbons (Fsp3) is 0.556. The molecule has 0 unspecified atom stereocenters. The van der Waals surface area contributed by atoms with E-state index >= 15 is 0 Å². The molecule has 2 aromatic rings. The zero-order valence-electron chi connectivity index (χ0n) is 15.5. The van der Waals surface area contributed by atoms with Crippen molar-refractivity contribution >= 4 is 17.5 Å². The maximum Gasteiger partial charge on any atom is 0.417 e. The number of hydrogen-bond acceptors (Lipinski definition) is 4. The number of aromatic nitrogens is 4. The van der Waals surface area contributed by atoms with Gasteiger partial charge in [0, 0.05) is 25.7 Å². The van der Waals surface area contributed by atoms with Crippen molar-refractivity contribution in [2.45, 2.75) is 50.9 Å². The van der Waals surface area contributed by atoms with Gasteiger partial charge in [0.15, 0.2) is 0 Å². The van der Waals surface area contributed by atoms with Crippen LogP contribution in [0, 0.1) is 0 Å². The van der Waals surface area contributed by atoms with Crippen LogP contribution in [0.3, 0.4) is 0 Å². The van der Waals surface area contributed by atoms with Crippen molar-refractivity contribution in [3.63, 3.8) is 0 Å². The first-order valence-electron chi connectivity index (χ1n) is 9.44. The van der Waals surface area contributed by atoms with E-state index in [0.717, 1.165) is 30.0 Å². The average molecular weight is 430 g/mol. The van der Waals surface area contributed by atoms with Crippen LogP contribution in [0.4, 0.5) is 13.2 Å². The molecule has 0 spiro atoms. The van der Waals surface area contributed by atoms with Crippen LogP contribution in [0.5, 0.6) is 0 Å². The molecule has 4 heterocycles. The van der Waals surface area contributed by atoms with Crippen LogP contribution < -0.4 is 5.69 Å². The Hall–Kier alpha value is -2.36. The number of rotatable bonds is 3. The highest BCUT2D eigenvalue weighted by Gasteiger charge is 2.35. The smallest absolute Gasteiger partial charge is 0.341 e. The maximum absolute atomic E-state index is 12.9. The number of nitrogens with zero attached hydrogens (tertiary/aromatic N) is 5. The third-order valence-corrected chi connectivity index (χ3v) is 5.71. The molecule has 2 aliphatic heterocycles. The number of carbonyl (C=O) groups excluding carboxylic acids is 1. The average Bonchev–Trinajstić information content (AvgIpc) is 3.31. The first kappa shape index (κ1) is 19.9. The topological polar surface area (TPSA) is 73.0 Å². The van der Waals surface area contributed by atoms with E-state index in [1.165, 1.54) is 4.57 Å². The fourth-order valence-corrected chi connectivity index (χ4v) is 4.12. The van der Waals surface area contributed by atoms with Crippen LogP contribution in [-0.4, -0.2) is 43.2 Å². The molecular weight excluding hydrogens is 411 g/mol. The Kier molecular flexibility index (Phi) is 5.14. The molecule has 0 aliphatic carbocycles. The molecule has 1 atom stereocenters. The van der Waals surface area contributed by atoms with Gasteiger partial charge in [0.25, 0.3) is 0 Å². The second-order valence-electron chi connectivity index (χ2n) is 7.32. The van der Waals surface area contributed by atoms with Crippen LogP contribution in [0.15, 0.2) is 17.1 Å². The zero-order valence-corrected chi connectivity index (χ0v) is 16.2. The minimum Gasteiger partial charge on any atom is -0.341 e. The first-order chi connectivity index (χ1) is 13.8. The van der Waals surface area contributed by atoms with E-state index in [1.807, 2.05) is 0 Å². The summed E-state index contributed by atoms with van der Waals surface area (Å²) in [4.78, 5) is 31.3. The second kappa shape index (κ2) is 7.47. The Morgan fingerprint density at radius 1 is 1.24 bits per heavy atom. The van der Waals surface area contributed by atoms with E-state index in [1.54, 1.807) is 4.90 Å². The highest BCUT2D eigenvalue weighted by atomic mass is 35.5. The van der Waals surface area contributed by atoms with Crippen molar-refractivity contribution in [2.24, 2.45) is 0 Å². The maximum atomic E-state index is 12.9. The number of likely N-dealkylation sites (tertiary alicyclic amines) is 1. The molecule has 0 saturated carbocycles. The van der Waals surface area contributed by atoms with Gasteiger partial charge in [-0.1, -0.05) is 11.6 Å². The molecule has 0 bridgehead atoms. The van der Waals surface area contributed by atoms with Crippen LogP contribution in [0.25, 0.3) is 0 Å². The first-order valence-corrected chi connectivity index (χ1v) is 9.82. The third-order valence-electron chi connectivity index (χ3n) is 5.38. The van der Waals surface area contributed by atoms with Gasteiger partial charge in [0.2, 0.25) is 5.91 Å². The third kappa shape index (κ3) is 3.77. The van der Waals surface area contributed by atoms with Crippen molar-refractivity contribution in [2.75, 3.05) is 13.1 Å². The summed E-state index contributed by atoms with van der Waals surface area (Å²) in [6, 6.07) is 0.194. The Bertz CT molecular complexity index is 994. The predicted octanol–water partition coefficient (Wildman–Crippen LogP) is 2.66. The zero-order chi connectivity index (χ0) is 20.8. The van der Waals surface area contributed by atoms with Crippen LogP contribution in [0.1, 0.15) is 48.8 Å². The largest absolute Gasteiger partial charge is 0.417 e. The van der Waals surface area contributed by atoms with Gasteiger partial charge in [0.1, 0.15) is 11.9 Å². The Balaban J connectivity index is 1.63. The molecule has 1 fully saturated rings. The Labute approximate surface area is 169 Å². The van der Waals surface area contributed by atoms with E-state index in [-0.39, 0.29) is 23.2 Å². The van der Waals surface area contributed by atoms with E-state index < -0.39 is 23.5 Å². The Morgan fingerprint density at radius 3 is 2.62 bits per heavy atom. The number of alkyl halides is 3. The summed E-state index contributed by atoms with van der Waals surface area (Å²) in [6.45, 7) is 1.22. The molecule has 0 aromatic carbocycles. The number of fused-ring (bicyclic) bond motifs is 1. The molecule has 156 valence electrons. The molecule has 2 aliphatic rings. The minimum atomic E-state index is -4.55. The molecule has 1 amide bonds. The summed E-state index contributed by atoms with van der Waals surface area (Å²) in [5.41, 5.74) is -1.33. The lowest BCUT2D eigenvalue weighted by atomic mass is 10.0. The summed E-state index contributed by atoms with van der Waals surface area (Å²) >= 11 is 5.96. The van der Waals surface area contributed by atoms with Gasteiger partial charge in [-0.3, -0.25) is 14.3 Å². The van der Waals surface area contributed by atoms with Gasteiger partial charge in [-0.15, -0.1) is 0 Å². The van der Waals surface area contributed by atoms with Crippen molar-refractivity contribution in [3.8, 4) is 0 Å². The minimum absolute atomic E-state index is 0.0733. The van der Waals surface area contributed by atoms with Crippen LogP contribution in [0.2, 0.25) is 5.02 Å². The monoisotopic (exact) mass is 429 g/mol. The molecule has 7 nitrogen and oxygen atoms in total. The lowest BCUT2D eigenvalue weighted by molar-refractivity contribution is -0.138. The van der Waals surface area contributed by atoms with Gasteiger partial charge in [0.05, 0.1) is 22.8 Å². The number of pyridine rings is 1. The van der Waals surface area contributed by atoms with E-state index in [4.69, 9.17) is 11.6 Å². The second-order valence-corrected chi connectivity index (χ2v) is 7.72. The molecule has 0 radical (unpaired) electrons. The normalized spacial score (nSPS) is 19.4. The fourth-order valence-electron chi connectivity index (χ4n) is 3.90. The van der Waals surface area contributed by atoms with Gasteiger partial charge in [-0.05, 0) is 31.7 Å². The lowest BCUT2D eigenvalue weighted by Gasteiger charge is -2.27. The summed E-state index contributed by atoms with van der Waals surface area (Å²) < 4.78 is 40.9.